The highest BCUT2D eigenvalue weighted by atomic mass is 16.6. The first-order valence-corrected chi connectivity index (χ1v) is 10.5. The molecule has 2 radical (unpaired) electrons. The van der Waals surface area contributed by atoms with Crippen LogP contribution in [0.3, 0.4) is 0 Å². The Bertz CT molecular complexity index is 967. The molecular formula is C24H23BO6. The second kappa shape index (κ2) is 7.81. The molecule has 0 N–H and O–H groups in total. The number of hydrogen-bond acceptors (Lipinski definition) is 6. The summed E-state index contributed by atoms with van der Waals surface area (Å²) < 4.78 is 23.0. The molecule has 5 atom stereocenters. The van der Waals surface area contributed by atoms with E-state index >= 15 is 0 Å². The molecule has 2 aliphatic heterocycles. The minimum absolute atomic E-state index is 0.0335. The Morgan fingerprint density at radius 2 is 1.58 bits per heavy atom. The zero-order valence-corrected chi connectivity index (χ0v) is 17.1. The van der Waals surface area contributed by atoms with Gasteiger partial charge in [0, 0.05) is 24.3 Å². The van der Waals surface area contributed by atoms with Gasteiger partial charge in [-0.1, -0.05) is 60.7 Å². The Labute approximate surface area is 182 Å². The van der Waals surface area contributed by atoms with E-state index in [1.54, 1.807) is 0 Å². The Morgan fingerprint density at radius 1 is 0.968 bits per heavy atom. The summed E-state index contributed by atoms with van der Waals surface area (Å²) in [4.78, 5) is 25.6. The van der Waals surface area contributed by atoms with Crippen molar-refractivity contribution in [3.63, 3.8) is 0 Å². The number of rotatable bonds is 7. The van der Waals surface area contributed by atoms with Crippen molar-refractivity contribution in [3.05, 3.63) is 71.8 Å². The van der Waals surface area contributed by atoms with Crippen LogP contribution in [0.25, 0.3) is 0 Å². The largest absolute Gasteiger partial charge is 0.461 e. The summed E-state index contributed by atoms with van der Waals surface area (Å²) >= 11 is 0. The van der Waals surface area contributed by atoms with Gasteiger partial charge < -0.3 is 18.9 Å². The van der Waals surface area contributed by atoms with E-state index in [2.05, 4.69) is 0 Å². The monoisotopic (exact) mass is 418 g/mol. The van der Waals surface area contributed by atoms with Crippen LogP contribution in [0.5, 0.6) is 0 Å². The summed E-state index contributed by atoms with van der Waals surface area (Å²) in [5.74, 6) is -1.27. The Balaban J connectivity index is 1.25. The number of carbonyl (C=O) groups excluding carboxylic acids is 2. The first kappa shape index (κ1) is 20.3. The van der Waals surface area contributed by atoms with Crippen LogP contribution in [0.4, 0.5) is 0 Å². The molecule has 1 aliphatic carbocycles. The van der Waals surface area contributed by atoms with Gasteiger partial charge >= 0.3 is 11.9 Å². The highest BCUT2D eigenvalue weighted by Gasteiger charge is 2.79. The van der Waals surface area contributed by atoms with Gasteiger partial charge in [0.1, 0.15) is 21.1 Å². The third-order valence-corrected chi connectivity index (χ3v) is 6.63. The molecule has 2 aromatic rings. The molecule has 158 valence electrons. The lowest BCUT2D eigenvalue weighted by atomic mass is 9.54. The van der Waals surface area contributed by atoms with Crippen molar-refractivity contribution >= 4 is 19.8 Å². The zero-order valence-electron chi connectivity index (χ0n) is 17.1. The molecule has 0 spiro atoms. The van der Waals surface area contributed by atoms with Crippen LogP contribution in [-0.2, 0) is 41.8 Å². The van der Waals surface area contributed by atoms with Crippen molar-refractivity contribution in [2.75, 3.05) is 6.61 Å². The molecule has 0 amide bonds. The van der Waals surface area contributed by atoms with Gasteiger partial charge in [0.15, 0.2) is 5.60 Å². The van der Waals surface area contributed by atoms with Crippen molar-refractivity contribution in [1.82, 2.24) is 0 Å². The number of hydrogen-bond donors (Lipinski definition) is 0. The molecule has 3 unspecified atom stereocenters. The molecular weight excluding hydrogens is 395 g/mol. The molecule has 31 heavy (non-hydrogen) atoms. The average Bonchev–Trinajstić information content (AvgIpc) is 3.22. The molecule has 0 bridgehead atoms. The molecule has 1 saturated carbocycles. The van der Waals surface area contributed by atoms with Crippen LogP contribution >= 0.6 is 0 Å². The second-order valence-corrected chi connectivity index (χ2v) is 8.55. The van der Waals surface area contributed by atoms with Gasteiger partial charge in [-0.05, 0) is 11.1 Å². The first-order chi connectivity index (χ1) is 15.0. The van der Waals surface area contributed by atoms with Crippen molar-refractivity contribution in [1.29, 1.82) is 0 Å². The number of carbonyl (C=O) groups is 2. The van der Waals surface area contributed by atoms with Crippen molar-refractivity contribution < 1.29 is 28.5 Å². The fourth-order valence-electron chi connectivity index (χ4n) is 5.28. The smallest absolute Gasteiger partial charge is 0.339 e. The maximum absolute atomic E-state index is 13.0. The molecule has 3 fully saturated rings. The van der Waals surface area contributed by atoms with Crippen LogP contribution < -0.4 is 0 Å². The zero-order chi connectivity index (χ0) is 21.5. The predicted octanol–water partition coefficient (Wildman–Crippen LogP) is 2.53. The van der Waals surface area contributed by atoms with E-state index in [4.69, 9.17) is 26.8 Å². The van der Waals surface area contributed by atoms with E-state index in [1.807, 2.05) is 60.7 Å². The lowest BCUT2D eigenvalue weighted by molar-refractivity contribution is -0.237. The minimum atomic E-state index is -1.10. The summed E-state index contributed by atoms with van der Waals surface area (Å²) in [6.07, 6.45) is 0.273. The van der Waals surface area contributed by atoms with Crippen LogP contribution in [0, 0.1) is 11.8 Å². The fraction of sp³-hybridized carbons (Fsp3) is 0.417. The highest BCUT2D eigenvalue weighted by molar-refractivity contribution is 6.11. The normalized spacial score (nSPS) is 32.7. The quantitative estimate of drug-likeness (QED) is 0.509. The Hall–Kier alpha value is -2.64. The molecule has 5 rings (SSSR count). The summed E-state index contributed by atoms with van der Waals surface area (Å²) in [6, 6.07) is 18.4. The van der Waals surface area contributed by atoms with Crippen molar-refractivity contribution in [2.24, 2.45) is 11.8 Å². The van der Waals surface area contributed by atoms with Gasteiger partial charge in [0.05, 0.1) is 18.6 Å². The Kier molecular flexibility index (Phi) is 5.11. The van der Waals surface area contributed by atoms with Gasteiger partial charge in [-0.25, -0.2) is 4.79 Å². The third-order valence-electron chi connectivity index (χ3n) is 6.63. The maximum Gasteiger partial charge on any atom is 0.339 e. The molecule has 0 aromatic heterocycles. The molecule has 3 aliphatic rings. The average molecular weight is 418 g/mol. The lowest BCUT2D eigenvalue weighted by Gasteiger charge is -2.53. The highest BCUT2D eigenvalue weighted by Crippen LogP contribution is 2.66. The summed E-state index contributed by atoms with van der Waals surface area (Å²) in [7, 11) is 6.18. The van der Waals surface area contributed by atoms with E-state index in [0.29, 0.717) is 6.61 Å². The number of benzene rings is 2. The standard InChI is InChI=1S/C24H23BO6/c25-21-18-14-30-24(22(27)29-13-17-9-5-2-6-10-17)15-23(31-21,20(18)24)11-19(26)28-12-16-7-3-1-4-8-16/h1-10,18,20-21H,11-15H2/t18?,20?,21-,23+,24?/m1/s1. The summed E-state index contributed by atoms with van der Waals surface area (Å²) in [6.45, 7) is 0.672. The van der Waals surface area contributed by atoms with Crippen molar-refractivity contribution in [2.45, 2.75) is 43.3 Å². The summed E-state index contributed by atoms with van der Waals surface area (Å²) in [5, 5.41) is 0. The van der Waals surface area contributed by atoms with Crippen LogP contribution in [0.15, 0.2) is 60.7 Å². The lowest BCUT2D eigenvalue weighted by Crippen LogP contribution is -2.68. The van der Waals surface area contributed by atoms with E-state index in [0.717, 1.165) is 11.1 Å². The molecule has 2 saturated heterocycles. The van der Waals surface area contributed by atoms with Crippen LogP contribution in [0.2, 0.25) is 0 Å². The topological polar surface area (TPSA) is 71.1 Å². The molecule has 2 heterocycles. The van der Waals surface area contributed by atoms with Gasteiger partial charge in [-0.3, -0.25) is 4.79 Å². The van der Waals surface area contributed by atoms with Gasteiger partial charge in [-0.15, -0.1) is 0 Å². The SMILES string of the molecule is [B][C@@H]1O[C@@]2(CC(=O)OCc3ccccc3)CC3(C(=O)OCc4ccccc4)OCC1C32. The second-order valence-electron chi connectivity index (χ2n) is 8.55. The fourth-order valence-corrected chi connectivity index (χ4v) is 5.28. The van der Waals surface area contributed by atoms with Crippen molar-refractivity contribution in [3.8, 4) is 0 Å². The van der Waals surface area contributed by atoms with Gasteiger partial charge in [-0.2, -0.15) is 0 Å². The van der Waals surface area contributed by atoms with Gasteiger partial charge in [0.25, 0.3) is 0 Å². The van der Waals surface area contributed by atoms with E-state index in [1.165, 1.54) is 0 Å². The van der Waals surface area contributed by atoms with E-state index < -0.39 is 23.2 Å². The molecule has 2 aromatic carbocycles. The van der Waals surface area contributed by atoms with Gasteiger partial charge in [0.2, 0.25) is 0 Å². The molecule has 6 nitrogen and oxygen atoms in total. The predicted molar refractivity (Wildman–Crippen MR) is 111 cm³/mol. The minimum Gasteiger partial charge on any atom is -0.461 e. The van der Waals surface area contributed by atoms with E-state index in [9.17, 15) is 9.59 Å². The number of ether oxygens (including phenoxy) is 4. The van der Waals surface area contributed by atoms with Crippen LogP contribution in [0.1, 0.15) is 24.0 Å². The Morgan fingerprint density at radius 3 is 2.23 bits per heavy atom. The van der Waals surface area contributed by atoms with Crippen LogP contribution in [-0.4, -0.2) is 43.6 Å². The number of esters is 2. The molecule has 7 heteroatoms. The third kappa shape index (κ3) is 3.46. The first-order valence-electron chi connectivity index (χ1n) is 10.5. The maximum atomic E-state index is 13.0. The summed E-state index contributed by atoms with van der Waals surface area (Å²) in [5.41, 5.74) is -0.143. The van der Waals surface area contributed by atoms with E-state index in [-0.39, 0.29) is 43.9 Å².